The van der Waals surface area contributed by atoms with Gasteiger partial charge in [0.25, 0.3) is 0 Å². The van der Waals surface area contributed by atoms with E-state index in [-0.39, 0.29) is 5.97 Å². The topological polar surface area (TPSA) is 26.3 Å². The normalized spacial score (nSPS) is 32.6. The van der Waals surface area contributed by atoms with Crippen molar-refractivity contribution in [2.24, 2.45) is 11.8 Å². The van der Waals surface area contributed by atoms with Crippen molar-refractivity contribution in [1.29, 1.82) is 0 Å². The van der Waals surface area contributed by atoms with E-state index < -0.39 is 0 Å². The molecule has 11 heavy (non-hydrogen) atoms. The molecule has 2 aliphatic carbocycles. The van der Waals surface area contributed by atoms with Crippen LogP contribution in [0.1, 0.15) is 19.8 Å². The Morgan fingerprint density at radius 1 is 1.82 bits per heavy atom. The maximum absolute atomic E-state index is 11.1. The van der Waals surface area contributed by atoms with E-state index in [1.807, 2.05) is 6.92 Å². The molecule has 0 bridgehead atoms. The lowest BCUT2D eigenvalue weighted by molar-refractivity contribution is -0.138. The van der Waals surface area contributed by atoms with Gasteiger partial charge in [0, 0.05) is 5.57 Å². The highest BCUT2D eigenvalue weighted by Crippen LogP contribution is 2.50. The molecule has 1 fully saturated rings. The molecule has 0 spiro atoms. The molecule has 0 heterocycles. The Morgan fingerprint density at radius 2 is 2.64 bits per heavy atom. The number of ether oxygens (including phenoxy) is 1. The quantitative estimate of drug-likeness (QED) is 0.561. The predicted octanol–water partition coefficient (Wildman–Crippen LogP) is 1.52. The van der Waals surface area contributed by atoms with Crippen LogP contribution in [0.5, 0.6) is 0 Å². The number of carbonyl (C=O) groups excluding carboxylic acids is 1. The second-order valence-electron chi connectivity index (χ2n) is 3.28. The second kappa shape index (κ2) is 2.36. The van der Waals surface area contributed by atoms with E-state index >= 15 is 0 Å². The van der Waals surface area contributed by atoms with Crippen LogP contribution in [0.25, 0.3) is 0 Å². The summed E-state index contributed by atoms with van der Waals surface area (Å²) in [6.07, 6.45) is 4.34. The zero-order valence-electron chi connectivity index (χ0n) is 6.67. The molecule has 0 saturated heterocycles. The van der Waals surface area contributed by atoms with Crippen LogP contribution in [0.2, 0.25) is 0 Å². The van der Waals surface area contributed by atoms with Gasteiger partial charge in [-0.05, 0) is 31.6 Å². The molecule has 0 aromatic rings. The zero-order chi connectivity index (χ0) is 7.84. The number of hydrogen-bond acceptors (Lipinski definition) is 2. The minimum absolute atomic E-state index is 0.0975. The third-order valence-corrected chi connectivity index (χ3v) is 2.41. The number of allylic oxidation sites excluding steroid dienone is 1. The number of esters is 1. The van der Waals surface area contributed by atoms with Crippen molar-refractivity contribution in [1.82, 2.24) is 0 Å². The summed E-state index contributed by atoms with van der Waals surface area (Å²) in [5, 5.41) is 0. The van der Waals surface area contributed by atoms with Gasteiger partial charge in [0.15, 0.2) is 0 Å². The molecule has 2 heteroatoms. The maximum atomic E-state index is 11.1. The highest BCUT2D eigenvalue weighted by Gasteiger charge is 2.42. The lowest BCUT2D eigenvalue weighted by atomic mass is 10.2. The van der Waals surface area contributed by atoms with Crippen LogP contribution in [0.3, 0.4) is 0 Å². The SMILES string of the molecule is CCOC(=O)C1=CC2CC2C1. The van der Waals surface area contributed by atoms with Gasteiger partial charge in [0.1, 0.15) is 0 Å². The van der Waals surface area contributed by atoms with Crippen molar-refractivity contribution in [2.45, 2.75) is 19.8 Å². The van der Waals surface area contributed by atoms with Gasteiger partial charge in [0.2, 0.25) is 0 Å². The summed E-state index contributed by atoms with van der Waals surface area (Å²) < 4.78 is 4.89. The van der Waals surface area contributed by atoms with Gasteiger partial charge in [0.05, 0.1) is 6.61 Å². The first kappa shape index (κ1) is 6.89. The molecular weight excluding hydrogens is 140 g/mol. The van der Waals surface area contributed by atoms with Gasteiger partial charge >= 0.3 is 5.97 Å². The number of carbonyl (C=O) groups is 1. The monoisotopic (exact) mass is 152 g/mol. The summed E-state index contributed by atoms with van der Waals surface area (Å²) >= 11 is 0. The van der Waals surface area contributed by atoms with Crippen molar-refractivity contribution >= 4 is 5.97 Å². The van der Waals surface area contributed by atoms with Crippen LogP contribution in [0.4, 0.5) is 0 Å². The molecule has 2 atom stereocenters. The summed E-state index contributed by atoms with van der Waals surface area (Å²) in [4.78, 5) is 11.1. The minimum atomic E-state index is -0.0975. The van der Waals surface area contributed by atoms with Crippen molar-refractivity contribution < 1.29 is 9.53 Å². The van der Waals surface area contributed by atoms with Gasteiger partial charge in [-0.15, -0.1) is 0 Å². The molecule has 0 amide bonds. The Balaban J connectivity index is 1.95. The van der Waals surface area contributed by atoms with Crippen molar-refractivity contribution in [3.63, 3.8) is 0 Å². The molecule has 0 radical (unpaired) electrons. The van der Waals surface area contributed by atoms with Crippen molar-refractivity contribution in [3.8, 4) is 0 Å². The summed E-state index contributed by atoms with van der Waals surface area (Å²) in [5.74, 6) is 1.41. The Labute approximate surface area is 66.2 Å². The molecule has 2 rings (SSSR count). The van der Waals surface area contributed by atoms with E-state index in [1.165, 1.54) is 6.42 Å². The molecule has 60 valence electrons. The van der Waals surface area contributed by atoms with Gasteiger partial charge in [-0.1, -0.05) is 6.08 Å². The van der Waals surface area contributed by atoms with Crippen molar-refractivity contribution in [2.75, 3.05) is 6.61 Å². The fourth-order valence-electron chi connectivity index (χ4n) is 1.69. The Bertz CT molecular complexity index is 218. The van der Waals surface area contributed by atoms with Gasteiger partial charge in [-0.25, -0.2) is 4.79 Å². The average molecular weight is 152 g/mol. The van der Waals surface area contributed by atoms with Gasteiger partial charge in [-0.2, -0.15) is 0 Å². The van der Waals surface area contributed by atoms with Crippen LogP contribution < -0.4 is 0 Å². The lowest BCUT2D eigenvalue weighted by Gasteiger charge is -2.01. The van der Waals surface area contributed by atoms with Crippen molar-refractivity contribution in [3.05, 3.63) is 11.6 Å². The van der Waals surface area contributed by atoms with Crippen LogP contribution in [-0.2, 0) is 9.53 Å². The summed E-state index contributed by atoms with van der Waals surface area (Å²) in [5.41, 5.74) is 0.910. The van der Waals surface area contributed by atoms with E-state index in [0.29, 0.717) is 6.61 Å². The number of fused-ring (bicyclic) bond motifs is 1. The first-order valence-corrected chi connectivity index (χ1v) is 4.19. The number of rotatable bonds is 2. The zero-order valence-corrected chi connectivity index (χ0v) is 6.67. The van der Waals surface area contributed by atoms with E-state index in [4.69, 9.17) is 4.74 Å². The molecule has 0 aliphatic heterocycles. The number of hydrogen-bond donors (Lipinski definition) is 0. The molecule has 1 saturated carbocycles. The molecule has 2 nitrogen and oxygen atoms in total. The Hall–Kier alpha value is -0.790. The van der Waals surface area contributed by atoms with Crippen LogP contribution in [0.15, 0.2) is 11.6 Å². The fraction of sp³-hybridized carbons (Fsp3) is 0.667. The maximum Gasteiger partial charge on any atom is 0.333 e. The first-order chi connectivity index (χ1) is 5.31. The molecular formula is C9H12O2. The largest absolute Gasteiger partial charge is 0.463 e. The first-order valence-electron chi connectivity index (χ1n) is 4.19. The predicted molar refractivity (Wildman–Crippen MR) is 40.9 cm³/mol. The fourth-order valence-corrected chi connectivity index (χ4v) is 1.69. The van der Waals surface area contributed by atoms with Gasteiger partial charge < -0.3 is 4.74 Å². The van der Waals surface area contributed by atoms with Crippen LogP contribution in [0, 0.1) is 11.8 Å². The molecule has 2 aliphatic rings. The highest BCUT2D eigenvalue weighted by atomic mass is 16.5. The summed E-state index contributed by atoms with van der Waals surface area (Å²) in [6, 6.07) is 0. The third-order valence-electron chi connectivity index (χ3n) is 2.41. The summed E-state index contributed by atoms with van der Waals surface area (Å²) in [7, 11) is 0. The van der Waals surface area contributed by atoms with E-state index in [2.05, 4.69) is 6.08 Å². The van der Waals surface area contributed by atoms with E-state index in [9.17, 15) is 4.79 Å². The highest BCUT2D eigenvalue weighted by molar-refractivity contribution is 5.89. The van der Waals surface area contributed by atoms with Crippen LogP contribution in [-0.4, -0.2) is 12.6 Å². The minimum Gasteiger partial charge on any atom is -0.463 e. The Morgan fingerprint density at radius 3 is 3.18 bits per heavy atom. The standard InChI is InChI=1S/C9H12O2/c1-2-11-9(10)8-4-6-3-7(6)5-8/h4,6-7H,2-3,5H2,1H3. The van der Waals surface area contributed by atoms with E-state index in [0.717, 1.165) is 23.8 Å². The Kier molecular flexibility index (Phi) is 1.48. The molecule has 2 unspecified atom stereocenters. The molecule has 0 N–H and O–H groups in total. The molecule has 0 aromatic heterocycles. The third kappa shape index (κ3) is 1.17. The average Bonchev–Trinajstić information content (AvgIpc) is 2.59. The van der Waals surface area contributed by atoms with Gasteiger partial charge in [-0.3, -0.25) is 0 Å². The summed E-state index contributed by atoms with van der Waals surface area (Å²) in [6.45, 7) is 2.33. The van der Waals surface area contributed by atoms with Crippen LogP contribution >= 0.6 is 0 Å². The molecule has 0 aromatic carbocycles. The van der Waals surface area contributed by atoms with E-state index in [1.54, 1.807) is 0 Å². The smallest absolute Gasteiger partial charge is 0.333 e. The second-order valence-corrected chi connectivity index (χ2v) is 3.28. The lowest BCUT2D eigenvalue weighted by Crippen LogP contribution is -2.06.